The van der Waals surface area contributed by atoms with E-state index in [1.54, 1.807) is 0 Å². The molecule has 1 saturated carbocycles. The fourth-order valence-corrected chi connectivity index (χ4v) is 4.42. The fourth-order valence-electron chi connectivity index (χ4n) is 4.42. The van der Waals surface area contributed by atoms with E-state index >= 15 is 0 Å². The molecule has 172 valence electrons. The maximum atomic E-state index is 12.6. The van der Waals surface area contributed by atoms with Crippen LogP contribution in [0.5, 0.6) is 0 Å². The molecule has 0 aliphatic heterocycles. The van der Waals surface area contributed by atoms with E-state index in [0.29, 0.717) is 60.5 Å². The zero-order chi connectivity index (χ0) is 23.8. The molecule has 0 atom stereocenters. The molecule has 0 radical (unpaired) electrons. The van der Waals surface area contributed by atoms with Crippen LogP contribution in [0.4, 0.5) is 11.4 Å². The Balaban J connectivity index is 1.58. The van der Waals surface area contributed by atoms with Gasteiger partial charge in [-0.05, 0) is 30.4 Å². The number of allylic oxidation sites excluding steroid dienone is 2. The molecular weight excluding hydrogens is 426 g/mol. The van der Waals surface area contributed by atoms with E-state index < -0.39 is 4.92 Å². The van der Waals surface area contributed by atoms with Gasteiger partial charge in [0.05, 0.1) is 33.2 Å². The van der Waals surface area contributed by atoms with E-state index in [1.807, 2.05) is 13.8 Å². The summed E-state index contributed by atoms with van der Waals surface area (Å²) in [6.07, 6.45) is 2.85. The number of rotatable bonds is 5. The van der Waals surface area contributed by atoms with Gasteiger partial charge in [0.2, 0.25) is 0 Å². The first kappa shape index (κ1) is 22.6. The summed E-state index contributed by atoms with van der Waals surface area (Å²) in [5, 5.41) is 25.7. The molecule has 0 unspecified atom stereocenters. The average Bonchev–Trinajstić information content (AvgIpc) is 3.14. The Labute approximate surface area is 190 Å². The Morgan fingerprint density at radius 3 is 2.61 bits per heavy atom. The van der Waals surface area contributed by atoms with E-state index in [2.05, 4.69) is 10.1 Å². The summed E-state index contributed by atoms with van der Waals surface area (Å²) in [5.41, 5.74) is 1.88. The number of Topliss-reactive ketones (excluding diaryl/α,β-unsaturated/α-hetero) is 2. The Morgan fingerprint density at radius 1 is 1.18 bits per heavy atom. The summed E-state index contributed by atoms with van der Waals surface area (Å²) < 4.78 is 5.41. The minimum Gasteiger partial charge on any atom is -0.511 e. The molecule has 1 fully saturated rings. The van der Waals surface area contributed by atoms with Crippen LogP contribution < -0.4 is 0 Å². The number of nitro groups is 1. The van der Waals surface area contributed by atoms with Gasteiger partial charge in [0, 0.05) is 44.2 Å². The second kappa shape index (κ2) is 8.73. The highest BCUT2D eigenvalue weighted by Crippen LogP contribution is 2.36. The predicted octanol–water partition coefficient (Wildman–Crippen LogP) is 5.01. The third-order valence-corrected chi connectivity index (χ3v) is 5.99. The lowest BCUT2D eigenvalue weighted by Crippen LogP contribution is -2.26. The Kier molecular flexibility index (Phi) is 5.97. The van der Waals surface area contributed by atoms with Crippen molar-refractivity contribution >= 4 is 28.7 Å². The zero-order valence-electron chi connectivity index (χ0n) is 18.6. The monoisotopic (exact) mass is 451 g/mol. The molecule has 1 heterocycles. The van der Waals surface area contributed by atoms with Crippen molar-refractivity contribution in [1.29, 1.82) is 0 Å². The third kappa shape index (κ3) is 4.76. The first-order valence-electron chi connectivity index (χ1n) is 10.9. The van der Waals surface area contributed by atoms with Gasteiger partial charge in [-0.1, -0.05) is 19.0 Å². The molecule has 1 N–H and O–H groups in total. The number of aryl methyl sites for hydroxylation is 1. The lowest BCUT2D eigenvalue weighted by molar-refractivity contribution is -0.384. The maximum Gasteiger partial charge on any atom is 0.269 e. The lowest BCUT2D eigenvalue weighted by atomic mass is 9.76. The van der Waals surface area contributed by atoms with Gasteiger partial charge in [0.15, 0.2) is 11.6 Å². The first-order valence-corrected chi connectivity index (χ1v) is 10.9. The minimum absolute atomic E-state index is 0.0150. The first-order chi connectivity index (χ1) is 15.6. The van der Waals surface area contributed by atoms with Crippen molar-refractivity contribution in [3.63, 3.8) is 0 Å². The molecule has 9 heteroatoms. The van der Waals surface area contributed by atoms with Crippen LogP contribution in [0.2, 0.25) is 0 Å². The van der Waals surface area contributed by atoms with Crippen molar-refractivity contribution < 1.29 is 24.1 Å². The quantitative estimate of drug-likeness (QED) is 0.292. The minimum atomic E-state index is -0.493. The fraction of sp³-hybridized carbons (Fsp3) is 0.417. The van der Waals surface area contributed by atoms with E-state index in [4.69, 9.17) is 4.52 Å². The molecule has 2 aliphatic rings. The summed E-state index contributed by atoms with van der Waals surface area (Å²) in [7, 11) is 0. The molecular formula is C24H25N3O6. The number of nitrogens with zero attached hydrogens (tertiary/aromatic N) is 3. The summed E-state index contributed by atoms with van der Waals surface area (Å²) in [6.45, 7) is 4.01. The SMILES string of the molecule is CC1(C)CC(=O)c2c(CC/C(O)=C3\C(=O)CCCC3=Nc3ccc([N+](=O)[O-])cc3)noc2C1. The van der Waals surface area contributed by atoms with Gasteiger partial charge in [0.25, 0.3) is 5.69 Å². The highest BCUT2D eigenvalue weighted by atomic mass is 16.6. The van der Waals surface area contributed by atoms with Crippen LogP contribution in [0.1, 0.15) is 67.8 Å². The van der Waals surface area contributed by atoms with E-state index in [1.165, 1.54) is 24.3 Å². The Morgan fingerprint density at radius 2 is 1.91 bits per heavy atom. The van der Waals surface area contributed by atoms with Crippen LogP contribution in [-0.2, 0) is 17.6 Å². The van der Waals surface area contributed by atoms with E-state index in [0.717, 1.165) is 0 Å². The number of hydrogen-bond acceptors (Lipinski definition) is 8. The number of hydrogen-bond donors (Lipinski definition) is 1. The number of aliphatic hydroxyl groups excluding tert-OH is 1. The third-order valence-electron chi connectivity index (χ3n) is 5.99. The van der Waals surface area contributed by atoms with Crippen LogP contribution in [0.15, 0.2) is 45.1 Å². The molecule has 4 rings (SSSR count). The number of carbonyl (C=O) groups is 2. The molecule has 0 saturated heterocycles. The second-order valence-electron chi connectivity index (χ2n) is 9.30. The number of nitro benzene ring substituents is 1. The van der Waals surface area contributed by atoms with Gasteiger partial charge in [-0.2, -0.15) is 0 Å². The number of aliphatic imine (C=N–C) groups is 1. The van der Waals surface area contributed by atoms with Crippen molar-refractivity contribution in [1.82, 2.24) is 5.16 Å². The van der Waals surface area contributed by atoms with Gasteiger partial charge in [-0.3, -0.25) is 24.7 Å². The number of carbonyl (C=O) groups excluding carboxylic acids is 2. The Bertz CT molecular complexity index is 1190. The smallest absolute Gasteiger partial charge is 0.269 e. The lowest BCUT2D eigenvalue weighted by Gasteiger charge is -2.26. The van der Waals surface area contributed by atoms with Gasteiger partial charge in [0.1, 0.15) is 11.5 Å². The normalized spacial score (nSPS) is 20.6. The van der Waals surface area contributed by atoms with Crippen molar-refractivity contribution in [3.8, 4) is 0 Å². The van der Waals surface area contributed by atoms with Crippen LogP contribution in [0.3, 0.4) is 0 Å². The van der Waals surface area contributed by atoms with Crippen LogP contribution in [0.25, 0.3) is 0 Å². The predicted molar refractivity (Wildman–Crippen MR) is 120 cm³/mol. The van der Waals surface area contributed by atoms with Crippen LogP contribution >= 0.6 is 0 Å². The van der Waals surface area contributed by atoms with Gasteiger partial charge < -0.3 is 9.63 Å². The highest BCUT2D eigenvalue weighted by Gasteiger charge is 2.36. The van der Waals surface area contributed by atoms with Crippen molar-refractivity contribution in [2.45, 2.75) is 58.8 Å². The van der Waals surface area contributed by atoms with Crippen molar-refractivity contribution in [2.75, 3.05) is 0 Å². The number of fused-ring (bicyclic) bond motifs is 1. The second-order valence-corrected chi connectivity index (χ2v) is 9.30. The van der Waals surface area contributed by atoms with Gasteiger partial charge in [-0.15, -0.1) is 0 Å². The number of non-ortho nitro benzene ring substituents is 1. The molecule has 0 amide bonds. The summed E-state index contributed by atoms with van der Waals surface area (Å²) >= 11 is 0. The van der Waals surface area contributed by atoms with Crippen molar-refractivity contribution in [3.05, 3.63) is 62.7 Å². The van der Waals surface area contributed by atoms with Crippen molar-refractivity contribution in [2.24, 2.45) is 10.4 Å². The molecule has 0 spiro atoms. The van der Waals surface area contributed by atoms with Gasteiger partial charge in [-0.25, -0.2) is 0 Å². The number of aliphatic hydroxyl groups is 1. The molecule has 2 aromatic rings. The summed E-state index contributed by atoms with van der Waals surface area (Å²) in [4.78, 5) is 40.1. The number of aromatic nitrogens is 1. The zero-order valence-corrected chi connectivity index (χ0v) is 18.6. The average molecular weight is 451 g/mol. The molecule has 9 nitrogen and oxygen atoms in total. The van der Waals surface area contributed by atoms with E-state index in [9.17, 15) is 24.8 Å². The largest absolute Gasteiger partial charge is 0.511 e. The maximum absolute atomic E-state index is 12.6. The molecule has 1 aromatic carbocycles. The number of benzene rings is 1. The molecule has 1 aromatic heterocycles. The van der Waals surface area contributed by atoms with Gasteiger partial charge >= 0.3 is 0 Å². The summed E-state index contributed by atoms with van der Waals surface area (Å²) in [5.74, 6) is 0.270. The Hall–Kier alpha value is -3.62. The van der Waals surface area contributed by atoms with Crippen LogP contribution in [-0.4, -0.2) is 32.5 Å². The molecule has 2 aliphatic carbocycles. The summed E-state index contributed by atoms with van der Waals surface area (Å²) in [6, 6.07) is 5.71. The molecule has 33 heavy (non-hydrogen) atoms. The molecule has 0 bridgehead atoms. The van der Waals surface area contributed by atoms with E-state index in [-0.39, 0.29) is 46.8 Å². The highest BCUT2D eigenvalue weighted by molar-refractivity contribution is 6.24. The number of ketones is 2. The topological polar surface area (TPSA) is 136 Å². The standard InChI is InChI=1S/C24H25N3O6/c1-24(2)12-20(30)23-17(26-33-21(23)13-24)10-11-19(29)22-16(4-3-5-18(22)28)25-14-6-8-15(9-7-14)27(31)32/h6-9,29H,3-5,10-13H2,1-2H3/b22-19+,25-16?. The van der Waals surface area contributed by atoms with Crippen LogP contribution in [0, 0.1) is 15.5 Å².